The molecule has 0 aromatic heterocycles. The van der Waals surface area contributed by atoms with E-state index in [4.69, 9.17) is 14.5 Å². The van der Waals surface area contributed by atoms with E-state index >= 15 is 0 Å². The average Bonchev–Trinajstić information content (AvgIpc) is 3.28. The predicted molar refractivity (Wildman–Crippen MR) is 125 cm³/mol. The van der Waals surface area contributed by atoms with Gasteiger partial charge in [-0.3, -0.25) is 0 Å². The first-order valence-electron chi connectivity index (χ1n) is 11.7. The van der Waals surface area contributed by atoms with E-state index in [1.54, 1.807) is 0 Å². The number of hydrogen-bond acceptors (Lipinski definition) is 4. The standard InChI is InChI=1S/C28H27FN2O2/c29-23-12-10-22(11-13-23)26-25-9-5-4-8-21(25)14-15-31(26)27-30-28(19-33-27)16-24(17-28)32-18-20-6-2-1-3-7-20/h1-13,24,26H,14-19H2. The molecule has 0 saturated heterocycles. The maximum atomic E-state index is 13.6. The molecular formula is C28H27FN2O2. The maximum absolute atomic E-state index is 13.6. The van der Waals surface area contributed by atoms with Crippen LogP contribution in [0, 0.1) is 5.82 Å². The first-order valence-corrected chi connectivity index (χ1v) is 11.7. The van der Waals surface area contributed by atoms with Gasteiger partial charge in [-0.15, -0.1) is 0 Å². The number of nitrogens with zero attached hydrogens (tertiary/aromatic N) is 2. The third-order valence-corrected chi connectivity index (χ3v) is 7.06. The van der Waals surface area contributed by atoms with Crippen LogP contribution in [-0.4, -0.2) is 35.7 Å². The highest BCUT2D eigenvalue weighted by Crippen LogP contribution is 2.44. The van der Waals surface area contributed by atoms with E-state index in [1.807, 2.05) is 30.3 Å². The van der Waals surface area contributed by atoms with Crippen molar-refractivity contribution in [3.05, 3.63) is 107 Å². The van der Waals surface area contributed by atoms with Gasteiger partial charge < -0.3 is 14.4 Å². The van der Waals surface area contributed by atoms with E-state index in [1.165, 1.54) is 28.8 Å². The lowest BCUT2D eigenvalue weighted by molar-refractivity contribution is -0.0564. The first-order chi connectivity index (χ1) is 16.2. The van der Waals surface area contributed by atoms with Gasteiger partial charge in [0, 0.05) is 19.4 Å². The van der Waals surface area contributed by atoms with E-state index in [9.17, 15) is 4.39 Å². The zero-order valence-corrected chi connectivity index (χ0v) is 18.5. The summed E-state index contributed by atoms with van der Waals surface area (Å²) in [6, 6.07) is 26.3. The summed E-state index contributed by atoms with van der Waals surface area (Å²) in [5.74, 6) is -0.223. The van der Waals surface area contributed by atoms with Gasteiger partial charge in [-0.05, 0) is 40.8 Å². The van der Waals surface area contributed by atoms with Crippen molar-refractivity contribution >= 4 is 6.02 Å². The summed E-state index contributed by atoms with van der Waals surface area (Å²) >= 11 is 0. The average molecular weight is 443 g/mol. The van der Waals surface area contributed by atoms with Crippen LogP contribution in [-0.2, 0) is 22.5 Å². The molecule has 2 aliphatic heterocycles. The molecule has 1 aliphatic carbocycles. The molecule has 33 heavy (non-hydrogen) atoms. The first kappa shape index (κ1) is 20.4. The van der Waals surface area contributed by atoms with Gasteiger partial charge in [-0.2, -0.15) is 0 Å². The molecule has 3 aromatic carbocycles. The quantitative estimate of drug-likeness (QED) is 0.552. The summed E-state index contributed by atoms with van der Waals surface area (Å²) in [6.45, 7) is 2.05. The molecule has 1 atom stereocenters. The molecule has 1 fully saturated rings. The monoisotopic (exact) mass is 442 g/mol. The Bertz CT molecular complexity index is 1160. The van der Waals surface area contributed by atoms with Crippen molar-refractivity contribution in [2.75, 3.05) is 13.2 Å². The number of amidine groups is 1. The Morgan fingerprint density at radius 1 is 0.970 bits per heavy atom. The van der Waals surface area contributed by atoms with Crippen LogP contribution >= 0.6 is 0 Å². The molecule has 6 rings (SSSR count). The number of ether oxygens (including phenoxy) is 2. The molecular weight excluding hydrogens is 415 g/mol. The largest absolute Gasteiger partial charge is 0.463 e. The summed E-state index contributed by atoms with van der Waals surface area (Å²) < 4.78 is 25.9. The summed E-state index contributed by atoms with van der Waals surface area (Å²) in [5.41, 5.74) is 4.63. The van der Waals surface area contributed by atoms with Gasteiger partial charge in [0.05, 0.1) is 18.8 Å². The minimum Gasteiger partial charge on any atom is -0.463 e. The van der Waals surface area contributed by atoms with Crippen LogP contribution in [0.15, 0.2) is 83.9 Å². The zero-order valence-electron chi connectivity index (χ0n) is 18.5. The van der Waals surface area contributed by atoms with Crippen LogP contribution in [0.4, 0.5) is 4.39 Å². The van der Waals surface area contributed by atoms with E-state index in [0.717, 1.165) is 31.4 Å². The summed E-state index contributed by atoms with van der Waals surface area (Å²) in [6.07, 6.45) is 2.92. The van der Waals surface area contributed by atoms with Gasteiger partial charge >= 0.3 is 0 Å². The van der Waals surface area contributed by atoms with Gasteiger partial charge in [-0.25, -0.2) is 9.38 Å². The minimum absolute atomic E-state index is 0.0327. The predicted octanol–water partition coefficient (Wildman–Crippen LogP) is 5.28. The van der Waals surface area contributed by atoms with Crippen LogP contribution < -0.4 is 0 Å². The number of hydrogen-bond donors (Lipinski definition) is 0. The highest BCUT2D eigenvalue weighted by molar-refractivity contribution is 5.78. The lowest BCUT2D eigenvalue weighted by Gasteiger charge is -2.40. The molecule has 1 unspecified atom stereocenters. The molecule has 168 valence electrons. The second-order valence-corrected chi connectivity index (χ2v) is 9.33. The molecule has 0 amide bonds. The van der Waals surface area contributed by atoms with Gasteiger partial charge in [0.2, 0.25) is 0 Å². The molecule has 4 nitrogen and oxygen atoms in total. The Labute approximate surface area is 193 Å². The smallest absolute Gasteiger partial charge is 0.288 e. The van der Waals surface area contributed by atoms with Crippen LogP contribution in [0.25, 0.3) is 0 Å². The van der Waals surface area contributed by atoms with Crippen LogP contribution in [0.2, 0.25) is 0 Å². The molecule has 5 heteroatoms. The SMILES string of the molecule is Fc1ccc(C2c3ccccc3CCN2C2=NC3(CO2)CC(OCc2ccccc2)C3)cc1. The maximum Gasteiger partial charge on any atom is 0.288 e. The van der Waals surface area contributed by atoms with Gasteiger partial charge in [0.15, 0.2) is 0 Å². The molecule has 0 N–H and O–H groups in total. The number of aliphatic imine (C=N–C) groups is 1. The van der Waals surface area contributed by atoms with Crippen molar-refractivity contribution in [2.24, 2.45) is 4.99 Å². The molecule has 2 heterocycles. The lowest BCUT2D eigenvalue weighted by atomic mass is 9.75. The minimum atomic E-state index is -0.223. The van der Waals surface area contributed by atoms with Crippen molar-refractivity contribution in [1.29, 1.82) is 0 Å². The summed E-state index contributed by atoms with van der Waals surface area (Å²) in [5, 5.41) is 0. The highest BCUT2D eigenvalue weighted by atomic mass is 19.1. The van der Waals surface area contributed by atoms with Gasteiger partial charge in [0.25, 0.3) is 6.02 Å². The Hall–Kier alpha value is -3.18. The number of halogens is 1. The van der Waals surface area contributed by atoms with Crippen LogP contribution in [0.1, 0.15) is 41.1 Å². The number of benzene rings is 3. The number of rotatable bonds is 4. The van der Waals surface area contributed by atoms with Crippen molar-refractivity contribution in [2.45, 2.75) is 43.6 Å². The Kier molecular flexibility index (Phi) is 5.14. The molecule has 1 saturated carbocycles. The fourth-order valence-electron chi connectivity index (χ4n) is 5.29. The molecule has 3 aliphatic rings. The third kappa shape index (κ3) is 3.91. The zero-order chi connectivity index (χ0) is 22.3. The van der Waals surface area contributed by atoms with Gasteiger partial charge in [-0.1, -0.05) is 66.7 Å². The third-order valence-electron chi connectivity index (χ3n) is 7.06. The lowest BCUT2D eigenvalue weighted by Crippen LogP contribution is -2.48. The van der Waals surface area contributed by atoms with E-state index in [-0.39, 0.29) is 23.5 Å². The van der Waals surface area contributed by atoms with E-state index < -0.39 is 0 Å². The molecule has 1 spiro atoms. The molecule has 3 aromatic rings. The second-order valence-electron chi connectivity index (χ2n) is 9.33. The normalized spacial score (nSPS) is 25.8. The van der Waals surface area contributed by atoms with E-state index in [0.29, 0.717) is 19.2 Å². The fourth-order valence-corrected chi connectivity index (χ4v) is 5.29. The van der Waals surface area contributed by atoms with E-state index in [2.05, 4.69) is 41.3 Å². The van der Waals surface area contributed by atoms with Crippen molar-refractivity contribution < 1.29 is 13.9 Å². The van der Waals surface area contributed by atoms with Crippen molar-refractivity contribution in [3.8, 4) is 0 Å². The number of fused-ring (bicyclic) bond motifs is 1. The fraction of sp³-hybridized carbons (Fsp3) is 0.321. The van der Waals surface area contributed by atoms with Gasteiger partial charge in [0.1, 0.15) is 18.0 Å². The summed E-state index contributed by atoms with van der Waals surface area (Å²) in [4.78, 5) is 7.34. The van der Waals surface area contributed by atoms with Crippen molar-refractivity contribution in [3.63, 3.8) is 0 Å². The van der Waals surface area contributed by atoms with Crippen LogP contribution in [0.3, 0.4) is 0 Å². The topological polar surface area (TPSA) is 34.1 Å². The second kappa shape index (κ2) is 8.31. The van der Waals surface area contributed by atoms with Crippen molar-refractivity contribution in [1.82, 2.24) is 4.90 Å². The highest BCUT2D eigenvalue weighted by Gasteiger charge is 2.50. The Morgan fingerprint density at radius 2 is 1.73 bits per heavy atom. The summed E-state index contributed by atoms with van der Waals surface area (Å²) in [7, 11) is 0. The Morgan fingerprint density at radius 3 is 2.55 bits per heavy atom. The Balaban J connectivity index is 1.20. The molecule has 0 bridgehead atoms. The molecule has 0 radical (unpaired) electrons. The van der Waals surface area contributed by atoms with Crippen LogP contribution in [0.5, 0.6) is 0 Å².